The highest BCUT2D eigenvalue weighted by Crippen LogP contribution is 2.23. The molecule has 0 amide bonds. The molecule has 88 valence electrons. The van der Waals surface area contributed by atoms with Crippen molar-refractivity contribution in [2.45, 2.75) is 13.0 Å². The lowest BCUT2D eigenvalue weighted by molar-refractivity contribution is 0.123. The Morgan fingerprint density at radius 3 is 2.40 bits per heavy atom. The van der Waals surface area contributed by atoms with Crippen LogP contribution >= 0.6 is 24.8 Å². The molecule has 0 fully saturated rings. The van der Waals surface area contributed by atoms with Gasteiger partial charge in [-0.25, -0.2) is 0 Å². The third kappa shape index (κ3) is 5.57. The molecule has 0 aromatic heterocycles. The summed E-state index contributed by atoms with van der Waals surface area (Å²) in [5, 5.41) is 8.97. The van der Waals surface area contributed by atoms with E-state index in [1.165, 1.54) is 0 Å². The van der Waals surface area contributed by atoms with Gasteiger partial charge < -0.3 is 21.3 Å². The van der Waals surface area contributed by atoms with E-state index in [0.717, 1.165) is 0 Å². The van der Waals surface area contributed by atoms with Crippen LogP contribution in [0.3, 0.4) is 0 Å². The highest BCUT2D eigenvalue weighted by molar-refractivity contribution is 5.85. The summed E-state index contributed by atoms with van der Waals surface area (Å²) in [6.45, 7) is 1.88. The number of ether oxygens (including phenoxy) is 1. The van der Waals surface area contributed by atoms with E-state index in [1.54, 1.807) is 25.1 Å². The highest BCUT2D eigenvalue weighted by Gasteiger charge is 2.02. The minimum Gasteiger partial charge on any atom is -0.489 e. The first-order chi connectivity index (χ1) is 6.09. The maximum Gasteiger partial charge on any atom is 0.142 e. The molecule has 1 aromatic carbocycles. The molecule has 1 atom stereocenters. The van der Waals surface area contributed by atoms with Gasteiger partial charge in [0.1, 0.15) is 12.4 Å². The summed E-state index contributed by atoms with van der Waals surface area (Å²) in [7, 11) is 0. The van der Waals surface area contributed by atoms with E-state index < -0.39 is 6.10 Å². The van der Waals surface area contributed by atoms with E-state index in [2.05, 4.69) is 0 Å². The van der Waals surface area contributed by atoms with Crippen molar-refractivity contribution in [1.82, 2.24) is 0 Å². The van der Waals surface area contributed by atoms with Crippen molar-refractivity contribution in [3.05, 3.63) is 18.2 Å². The molecule has 0 spiro atoms. The molecule has 5 N–H and O–H groups in total. The smallest absolute Gasteiger partial charge is 0.142 e. The number of aliphatic hydroxyl groups excluding tert-OH is 1. The minimum absolute atomic E-state index is 0. The lowest BCUT2D eigenvalue weighted by Crippen LogP contribution is -2.13. The van der Waals surface area contributed by atoms with E-state index in [4.69, 9.17) is 21.3 Å². The fourth-order valence-corrected chi connectivity index (χ4v) is 0.909. The monoisotopic (exact) mass is 254 g/mol. The standard InChI is InChI=1S/C9H14N2O2.2ClH/c1-6(12)5-13-9-3-2-7(10)4-8(9)11;;/h2-4,6,12H,5,10-11H2,1H3;2*1H. The van der Waals surface area contributed by atoms with Crippen LogP contribution < -0.4 is 16.2 Å². The normalized spacial score (nSPS) is 10.8. The van der Waals surface area contributed by atoms with Gasteiger partial charge in [-0.1, -0.05) is 0 Å². The average molecular weight is 255 g/mol. The van der Waals surface area contributed by atoms with Crippen LogP contribution in [0.4, 0.5) is 11.4 Å². The number of hydrogen-bond donors (Lipinski definition) is 3. The third-order valence-electron chi connectivity index (χ3n) is 1.51. The maximum atomic E-state index is 8.97. The second kappa shape index (κ2) is 7.45. The van der Waals surface area contributed by atoms with E-state index in [-0.39, 0.29) is 31.4 Å². The third-order valence-corrected chi connectivity index (χ3v) is 1.51. The Morgan fingerprint density at radius 1 is 1.33 bits per heavy atom. The number of halogens is 2. The number of hydrogen-bond acceptors (Lipinski definition) is 4. The first kappa shape index (κ1) is 16.6. The van der Waals surface area contributed by atoms with Crippen molar-refractivity contribution in [1.29, 1.82) is 0 Å². The molecular formula is C9H16Cl2N2O2. The van der Waals surface area contributed by atoms with Crippen molar-refractivity contribution in [3.8, 4) is 5.75 Å². The summed E-state index contributed by atoms with van der Waals surface area (Å²) in [6, 6.07) is 5.01. The fourth-order valence-electron chi connectivity index (χ4n) is 0.909. The molecular weight excluding hydrogens is 239 g/mol. The van der Waals surface area contributed by atoms with Gasteiger partial charge >= 0.3 is 0 Å². The van der Waals surface area contributed by atoms with Crippen molar-refractivity contribution >= 4 is 36.2 Å². The first-order valence-corrected chi connectivity index (χ1v) is 4.05. The number of anilines is 2. The molecule has 0 saturated carbocycles. The molecule has 6 heteroatoms. The Hall–Kier alpha value is -0.840. The molecule has 0 aliphatic heterocycles. The van der Waals surface area contributed by atoms with Crippen molar-refractivity contribution in [3.63, 3.8) is 0 Å². The van der Waals surface area contributed by atoms with Crippen molar-refractivity contribution in [2.75, 3.05) is 18.1 Å². The Bertz CT molecular complexity index is 295. The van der Waals surface area contributed by atoms with Gasteiger partial charge in [-0.2, -0.15) is 0 Å². The average Bonchev–Trinajstić information content (AvgIpc) is 2.02. The van der Waals surface area contributed by atoms with Crippen LogP contribution in [0.5, 0.6) is 5.75 Å². The lowest BCUT2D eigenvalue weighted by atomic mass is 10.2. The van der Waals surface area contributed by atoms with Crippen LogP contribution in [0.1, 0.15) is 6.92 Å². The van der Waals surface area contributed by atoms with E-state index in [1.807, 2.05) is 0 Å². The van der Waals surface area contributed by atoms with Gasteiger partial charge in [0, 0.05) is 5.69 Å². The second-order valence-electron chi connectivity index (χ2n) is 2.96. The van der Waals surface area contributed by atoms with Crippen LogP contribution in [0.25, 0.3) is 0 Å². The van der Waals surface area contributed by atoms with Crippen LogP contribution in [0.2, 0.25) is 0 Å². The molecule has 0 saturated heterocycles. The molecule has 1 rings (SSSR count). The minimum atomic E-state index is -0.503. The number of rotatable bonds is 3. The SMILES string of the molecule is CC(O)COc1ccc(N)cc1N.Cl.Cl. The topological polar surface area (TPSA) is 81.5 Å². The molecule has 0 aliphatic rings. The molecule has 0 aliphatic carbocycles. The molecule has 1 aromatic rings. The molecule has 15 heavy (non-hydrogen) atoms. The van der Waals surface area contributed by atoms with E-state index in [0.29, 0.717) is 17.1 Å². The summed E-state index contributed by atoms with van der Waals surface area (Å²) in [6.07, 6.45) is -0.503. The largest absolute Gasteiger partial charge is 0.489 e. The van der Waals surface area contributed by atoms with Gasteiger partial charge in [0.2, 0.25) is 0 Å². The van der Waals surface area contributed by atoms with Crippen molar-refractivity contribution in [2.24, 2.45) is 0 Å². The summed E-state index contributed by atoms with van der Waals surface area (Å²) in [5.41, 5.74) is 12.2. The molecule has 4 nitrogen and oxygen atoms in total. The molecule has 0 bridgehead atoms. The highest BCUT2D eigenvalue weighted by atomic mass is 35.5. The van der Waals surface area contributed by atoms with Crippen LogP contribution in [0.15, 0.2) is 18.2 Å². The van der Waals surface area contributed by atoms with Gasteiger partial charge in [0.05, 0.1) is 11.8 Å². The molecule has 0 heterocycles. The Kier molecular flexibility index (Phi) is 8.24. The molecule has 0 radical (unpaired) electrons. The zero-order chi connectivity index (χ0) is 9.84. The van der Waals surface area contributed by atoms with Crippen LogP contribution in [-0.4, -0.2) is 17.8 Å². The number of nitrogen functional groups attached to an aromatic ring is 2. The summed E-state index contributed by atoms with van der Waals surface area (Å²) < 4.78 is 5.22. The van der Waals surface area contributed by atoms with Gasteiger partial charge in [0.15, 0.2) is 0 Å². The predicted octanol–water partition coefficient (Wildman–Crippen LogP) is 1.45. The summed E-state index contributed by atoms with van der Waals surface area (Å²) in [4.78, 5) is 0. The van der Waals surface area contributed by atoms with Gasteiger partial charge in [-0.3, -0.25) is 0 Å². The van der Waals surface area contributed by atoms with Gasteiger partial charge in [-0.15, -0.1) is 24.8 Å². The van der Waals surface area contributed by atoms with Gasteiger partial charge in [0.25, 0.3) is 0 Å². The zero-order valence-corrected chi connectivity index (χ0v) is 9.98. The summed E-state index contributed by atoms with van der Waals surface area (Å²) in [5.74, 6) is 0.551. The van der Waals surface area contributed by atoms with Crippen LogP contribution in [-0.2, 0) is 0 Å². The zero-order valence-electron chi connectivity index (χ0n) is 8.34. The maximum absolute atomic E-state index is 8.97. The summed E-state index contributed by atoms with van der Waals surface area (Å²) >= 11 is 0. The predicted molar refractivity (Wildman–Crippen MR) is 66.9 cm³/mol. The van der Waals surface area contributed by atoms with E-state index >= 15 is 0 Å². The number of nitrogens with two attached hydrogens (primary N) is 2. The fraction of sp³-hybridized carbons (Fsp3) is 0.333. The second-order valence-corrected chi connectivity index (χ2v) is 2.96. The Balaban J connectivity index is 0. The molecule has 1 unspecified atom stereocenters. The number of aliphatic hydroxyl groups is 1. The quantitative estimate of drug-likeness (QED) is 0.714. The van der Waals surface area contributed by atoms with Gasteiger partial charge in [-0.05, 0) is 25.1 Å². The van der Waals surface area contributed by atoms with E-state index in [9.17, 15) is 0 Å². The van der Waals surface area contributed by atoms with Crippen LogP contribution in [0, 0.1) is 0 Å². The first-order valence-electron chi connectivity index (χ1n) is 4.05. The van der Waals surface area contributed by atoms with Crippen molar-refractivity contribution < 1.29 is 9.84 Å². The number of benzene rings is 1. The lowest BCUT2D eigenvalue weighted by Gasteiger charge is -2.10. The Labute approximate surface area is 101 Å². The Morgan fingerprint density at radius 2 is 1.93 bits per heavy atom.